The monoisotopic (exact) mass is 289 g/mol. The van der Waals surface area contributed by atoms with Gasteiger partial charge in [-0.25, -0.2) is 4.98 Å². The van der Waals surface area contributed by atoms with Gasteiger partial charge in [-0.2, -0.15) is 0 Å². The van der Waals surface area contributed by atoms with Crippen molar-refractivity contribution in [2.45, 2.75) is 33.3 Å². The minimum atomic E-state index is 0.0903. The highest BCUT2D eigenvalue weighted by molar-refractivity contribution is 7.13. The lowest BCUT2D eigenvalue weighted by molar-refractivity contribution is 0.305. The van der Waals surface area contributed by atoms with Crippen LogP contribution in [0.3, 0.4) is 0 Å². The van der Waals surface area contributed by atoms with E-state index in [0.29, 0.717) is 6.61 Å². The molecule has 0 aliphatic rings. The van der Waals surface area contributed by atoms with E-state index in [1.54, 1.807) is 0 Å². The van der Waals surface area contributed by atoms with E-state index in [1.807, 2.05) is 31.2 Å². The fraction of sp³-hybridized carbons (Fsp3) is 0.333. The molecule has 1 aromatic heterocycles. The molecule has 0 saturated heterocycles. The zero-order chi connectivity index (χ0) is 14.5. The summed E-state index contributed by atoms with van der Waals surface area (Å²) < 4.78 is 5.71. The third-order valence-electron chi connectivity index (χ3n) is 2.86. The molecule has 0 aliphatic carbocycles. The number of benzene rings is 1. The third-order valence-corrected chi connectivity index (χ3v) is 3.96. The van der Waals surface area contributed by atoms with E-state index in [9.17, 15) is 0 Å². The van der Waals surface area contributed by atoms with Gasteiger partial charge < -0.3 is 10.5 Å². The smallest absolute Gasteiger partial charge is 0.140 e. The van der Waals surface area contributed by atoms with Crippen molar-refractivity contribution in [3.63, 3.8) is 0 Å². The Morgan fingerprint density at radius 3 is 2.65 bits per heavy atom. The van der Waals surface area contributed by atoms with Crippen LogP contribution in [-0.4, -0.2) is 10.8 Å². The first kappa shape index (κ1) is 14.5. The van der Waals surface area contributed by atoms with Crippen LogP contribution in [-0.2, 0) is 13.0 Å². The lowest BCUT2D eigenvalue weighted by Gasteiger charge is -2.03. The highest BCUT2D eigenvalue weighted by atomic mass is 32.1. The number of nitrogen functional groups attached to an aromatic ring is 1. The number of aryl methyl sites for hydroxylation is 2. The van der Waals surface area contributed by atoms with Gasteiger partial charge in [0.1, 0.15) is 23.2 Å². The van der Waals surface area contributed by atoms with Crippen LogP contribution in [0.15, 0.2) is 24.3 Å². The Labute approximate surface area is 123 Å². The molecular formula is C15H19N3OS. The molecule has 0 fully saturated rings. The molecule has 0 spiro atoms. The van der Waals surface area contributed by atoms with Crippen LogP contribution in [0.1, 0.15) is 34.5 Å². The van der Waals surface area contributed by atoms with E-state index in [1.165, 1.54) is 16.9 Å². The quantitative estimate of drug-likeness (QED) is 0.633. The molecule has 3 N–H and O–H groups in total. The molecule has 0 radical (unpaired) electrons. The Bertz CT molecular complexity index is 590. The van der Waals surface area contributed by atoms with Crippen molar-refractivity contribution in [1.82, 2.24) is 4.98 Å². The molecule has 1 aromatic carbocycles. The van der Waals surface area contributed by atoms with Gasteiger partial charge in [-0.1, -0.05) is 31.0 Å². The molecule has 0 unspecified atom stereocenters. The van der Waals surface area contributed by atoms with Crippen LogP contribution in [0.25, 0.3) is 0 Å². The number of nitrogens with zero attached hydrogens (tertiary/aromatic N) is 1. The summed E-state index contributed by atoms with van der Waals surface area (Å²) in [6.07, 6.45) is 1.83. The van der Waals surface area contributed by atoms with Crippen LogP contribution in [0.5, 0.6) is 5.75 Å². The summed E-state index contributed by atoms with van der Waals surface area (Å²) in [5.41, 5.74) is 7.71. The second kappa shape index (κ2) is 6.52. The van der Waals surface area contributed by atoms with Gasteiger partial charge in [-0.05, 0) is 25.5 Å². The Morgan fingerprint density at radius 1 is 1.35 bits per heavy atom. The van der Waals surface area contributed by atoms with Crippen molar-refractivity contribution in [2.24, 2.45) is 5.73 Å². The molecule has 0 bridgehead atoms. The number of thiazole rings is 1. The van der Waals surface area contributed by atoms with E-state index in [2.05, 4.69) is 11.9 Å². The van der Waals surface area contributed by atoms with Crippen LogP contribution in [0.2, 0.25) is 0 Å². The molecule has 2 rings (SSSR count). The average molecular weight is 289 g/mol. The molecule has 2 aromatic rings. The molecule has 0 aliphatic heterocycles. The number of nitrogens with one attached hydrogen (secondary N) is 1. The highest BCUT2D eigenvalue weighted by Crippen LogP contribution is 2.21. The minimum Gasteiger partial charge on any atom is -0.486 e. The van der Waals surface area contributed by atoms with Crippen LogP contribution >= 0.6 is 11.3 Å². The zero-order valence-corrected chi connectivity index (χ0v) is 12.6. The molecule has 20 heavy (non-hydrogen) atoms. The molecule has 5 heteroatoms. The van der Waals surface area contributed by atoms with Crippen LogP contribution < -0.4 is 10.5 Å². The predicted molar refractivity (Wildman–Crippen MR) is 82.6 cm³/mol. The molecule has 1 heterocycles. The first-order valence-corrected chi connectivity index (χ1v) is 7.44. The summed E-state index contributed by atoms with van der Waals surface area (Å²) in [4.78, 5) is 5.30. The lowest BCUT2D eigenvalue weighted by atomic mass is 10.2. The summed E-state index contributed by atoms with van der Waals surface area (Å²) in [5.74, 6) is 0.916. The van der Waals surface area contributed by atoms with Crippen molar-refractivity contribution in [1.29, 1.82) is 5.41 Å². The lowest BCUT2D eigenvalue weighted by Crippen LogP contribution is -2.11. The molecule has 0 saturated carbocycles. The van der Waals surface area contributed by atoms with E-state index < -0.39 is 0 Å². The van der Waals surface area contributed by atoms with E-state index in [0.717, 1.165) is 34.2 Å². The Hall–Kier alpha value is -1.88. The van der Waals surface area contributed by atoms with Crippen molar-refractivity contribution in [3.05, 3.63) is 45.4 Å². The maximum atomic E-state index is 7.60. The highest BCUT2D eigenvalue weighted by Gasteiger charge is 2.13. The van der Waals surface area contributed by atoms with Gasteiger partial charge >= 0.3 is 0 Å². The SMILES string of the molecule is CCCc1nc(COc2ccc(C)cc2)sc1C(=N)N. The Balaban J connectivity index is 2.07. The van der Waals surface area contributed by atoms with E-state index >= 15 is 0 Å². The van der Waals surface area contributed by atoms with Gasteiger partial charge in [0.15, 0.2) is 0 Å². The van der Waals surface area contributed by atoms with Crippen LogP contribution in [0, 0.1) is 12.3 Å². The summed E-state index contributed by atoms with van der Waals surface area (Å²) in [6, 6.07) is 7.92. The van der Waals surface area contributed by atoms with Gasteiger partial charge in [0.2, 0.25) is 0 Å². The second-order valence-electron chi connectivity index (χ2n) is 4.65. The number of aromatic nitrogens is 1. The fourth-order valence-corrected chi connectivity index (χ4v) is 2.74. The van der Waals surface area contributed by atoms with Crippen molar-refractivity contribution >= 4 is 17.2 Å². The first-order valence-electron chi connectivity index (χ1n) is 6.62. The van der Waals surface area contributed by atoms with Gasteiger partial charge in [-0.15, -0.1) is 11.3 Å². The molecule has 4 nitrogen and oxygen atoms in total. The molecule has 106 valence electrons. The maximum absolute atomic E-state index is 7.60. The average Bonchev–Trinajstić information content (AvgIpc) is 2.82. The number of rotatable bonds is 6. The number of nitrogens with two attached hydrogens (primary N) is 1. The summed E-state index contributed by atoms with van der Waals surface area (Å²) in [5, 5.41) is 8.46. The summed E-state index contributed by atoms with van der Waals surface area (Å²) >= 11 is 1.44. The second-order valence-corrected chi connectivity index (χ2v) is 5.73. The molecular weight excluding hydrogens is 270 g/mol. The van der Waals surface area contributed by atoms with E-state index in [4.69, 9.17) is 15.9 Å². The predicted octanol–water partition coefficient (Wildman–Crippen LogP) is 3.27. The van der Waals surface area contributed by atoms with Crippen molar-refractivity contribution in [2.75, 3.05) is 0 Å². The van der Waals surface area contributed by atoms with Gasteiger partial charge in [0.25, 0.3) is 0 Å². The Morgan fingerprint density at radius 2 is 2.05 bits per heavy atom. The van der Waals surface area contributed by atoms with Crippen molar-refractivity contribution < 1.29 is 4.74 Å². The minimum absolute atomic E-state index is 0.0903. The largest absolute Gasteiger partial charge is 0.486 e. The standard InChI is InChI=1S/C15H19N3OS/c1-3-4-12-14(15(16)17)20-13(18-12)9-19-11-7-5-10(2)6-8-11/h5-8H,3-4,9H2,1-2H3,(H3,16,17). The third kappa shape index (κ3) is 3.57. The topological polar surface area (TPSA) is 72.0 Å². The number of hydrogen-bond acceptors (Lipinski definition) is 4. The number of amidine groups is 1. The Kier molecular flexibility index (Phi) is 4.74. The van der Waals surface area contributed by atoms with Gasteiger partial charge in [0, 0.05) is 0 Å². The zero-order valence-electron chi connectivity index (χ0n) is 11.8. The van der Waals surface area contributed by atoms with E-state index in [-0.39, 0.29) is 5.84 Å². The molecule has 0 amide bonds. The molecule has 0 atom stereocenters. The van der Waals surface area contributed by atoms with Crippen LogP contribution in [0.4, 0.5) is 0 Å². The first-order chi connectivity index (χ1) is 9.60. The fourth-order valence-electron chi connectivity index (χ4n) is 1.86. The van der Waals surface area contributed by atoms with Gasteiger partial charge in [0.05, 0.1) is 10.6 Å². The number of hydrogen-bond donors (Lipinski definition) is 2. The van der Waals surface area contributed by atoms with Gasteiger partial charge in [-0.3, -0.25) is 5.41 Å². The maximum Gasteiger partial charge on any atom is 0.140 e. The number of ether oxygens (including phenoxy) is 1. The normalized spacial score (nSPS) is 10.5. The summed E-state index contributed by atoms with van der Waals surface area (Å²) in [6.45, 7) is 4.55. The summed E-state index contributed by atoms with van der Waals surface area (Å²) in [7, 11) is 0. The van der Waals surface area contributed by atoms with Crippen molar-refractivity contribution in [3.8, 4) is 5.75 Å².